The molecule has 0 radical (unpaired) electrons. The monoisotopic (exact) mass is 412 g/mol. The molecule has 1 N–H and O–H groups in total. The summed E-state index contributed by atoms with van der Waals surface area (Å²) in [6.07, 6.45) is -0.121. The van der Waals surface area contributed by atoms with Gasteiger partial charge in [0.25, 0.3) is 0 Å². The maximum absolute atomic E-state index is 13.8. The van der Waals surface area contributed by atoms with Gasteiger partial charge < -0.3 is 14.4 Å². The molecular formula is C18H18F2N2O5S. The zero-order chi connectivity index (χ0) is 20.5. The van der Waals surface area contributed by atoms with Crippen LogP contribution in [0, 0.1) is 11.6 Å². The number of carbonyl (C=O) groups excluding carboxylic acids is 1. The Morgan fingerprint density at radius 2 is 1.79 bits per heavy atom. The van der Waals surface area contributed by atoms with Gasteiger partial charge >= 0.3 is 0 Å². The van der Waals surface area contributed by atoms with E-state index < -0.39 is 32.6 Å². The van der Waals surface area contributed by atoms with Crippen LogP contribution in [0.4, 0.5) is 14.5 Å². The topological polar surface area (TPSA) is 84.9 Å². The fourth-order valence-electron chi connectivity index (χ4n) is 2.99. The highest BCUT2D eigenvalue weighted by Crippen LogP contribution is 2.33. The molecular weight excluding hydrogens is 394 g/mol. The highest BCUT2D eigenvalue weighted by molar-refractivity contribution is 7.89. The van der Waals surface area contributed by atoms with Gasteiger partial charge in [0.1, 0.15) is 16.5 Å². The SMILES string of the molecule is COc1ccc(N2CC(NS(=O)(=O)c3cc(F)ccc3F)CC2=O)cc1OC. The summed E-state index contributed by atoms with van der Waals surface area (Å²) >= 11 is 0. The van der Waals surface area contributed by atoms with E-state index in [0.717, 1.165) is 12.1 Å². The molecule has 0 aliphatic carbocycles. The van der Waals surface area contributed by atoms with Gasteiger partial charge in [0, 0.05) is 30.8 Å². The van der Waals surface area contributed by atoms with Crippen LogP contribution < -0.4 is 19.1 Å². The lowest BCUT2D eigenvalue weighted by Gasteiger charge is -2.19. The molecule has 1 atom stereocenters. The summed E-state index contributed by atoms with van der Waals surface area (Å²) in [5.41, 5.74) is 0.501. The molecule has 2 aromatic rings. The normalized spacial score (nSPS) is 17.1. The zero-order valence-electron chi connectivity index (χ0n) is 15.1. The van der Waals surface area contributed by atoms with Crippen molar-refractivity contribution in [3.8, 4) is 11.5 Å². The molecule has 0 bridgehead atoms. The Labute approximate surface area is 160 Å². The van der Waals surface area contributed by atoms with Gasteiger partial charge in [0.05, 0.1) is 14.2 Å². The molecule has 0 saturated carbocycles. The summed E-state index contributed by atoms with van der Waals surface area (Å²) in [7, 11) is -1.40. The minimum absolute atomic E-state index is 0.0322. The zero-order valence-corrected chi connectivity index (χ0v) is 15.9. The Balaban J connectivity index is 1.80. The molecule has 2 aromatic carbocycles. The number of nitrogens with zero attached hydrogens (tertiary/aromatic N) is 1. The Bertz CT molecular complexity index is 1010. The summed E-state index contributed by atoms with van der Waals surface area (Å²) in [5.74, 6) is -1.37. The number of ether oxygens (including phenoxy) is 2. The van der Waals surface area contributed by atoms with E-state index in [-0.39, 0.29) is 18.9 Å². The molecule has 7 nitrogen and oxygen atoms in total. The minimum Gasteiger partial charge on any atom is -0.493 e. The number of amides is 1. The fourth-order valence-corrected chi connectivity index (χ4v) is 4.31. The van der Waals surface area contributed by atoms with E-state index in [4.69, 9.17) is 9.47 Å². The predicted molar refractivity (Wildman–Crippen MR) is 97.0 cm³/mol. The first-order valence-electron chi connectivity index (χ1n) is 8.25. The van der Waals surface area contributed by atoms with Crippen LogP contribution >= 0.6 is 0 Å². The molecule has 1 saturated heterocycles. The smallest absolute Gasteiger partial charge is 0.243 e. The quantitative estimate of drug-likeness (QED) is 0.785. The molecule has 0 aromatic heterocycles. The van der Waals surface area contributed by atoms with E-state index in [1.807, 2.05) is 0 Å². The summed E-state index contributed by atoms with van der Waals surface area (Å²) < 4.78 is 64.6. The van der Waals surface area contributed by atoms with Crippen molar-refractivity contribution in [2.24, 2.45) is 0 Å². The van der Waals surface area contributed by atoms with Crippen molar-refractivity contribution in [1.29, 1.82) is 0 Å². The van der Waals surface area contributed by atoms with Gasteiger partial charge in [-0.1, -0.05) is 0 Å². The minimum atomic E-state index is -4.34. The molecule has 1 aliphatic heterocycles. The summed E-state index contributed by atoms with van der Waals surface area (Å²) in [6, 6.07) is 6.23. The van der Waals surface area contributed by atoms with Crippen LogP contribution in [0.15, 0.2) is 41.3 Å². The van der Waals surface area contributed by atoms with Crippen LogP contribution in [-0.2, 0) is 14.8 Å². The molecule has 1 unspecified atom stereocenters. The van der Waals surface area contributed by atoms with Gasteiger partial charge in [-0.2, -0.15) is 0 Å². The van der Waals surface area contributed by atoms with Crippen LogP contribution in [0.1, 0.15) is 6.42 Å². The van der Waals surface area contributed by atoms with Gasteiger partial charge in [-0.15, -0.1) is 0 Å². The molecule has 0 spiro atoms. The molecule has 10 heteroatoms. The van der Waals surface area contributed by atoms with Gasteiger partial charge in [-0.25, -0.2) is 21.9 Å². The Kier molecular flexibility index (Phi) is 5.52. The average Bonchev–Trinajstić information content (AvgIpc) is 3.02. The molecule has 1 fully saturated rings. The molecule has 150 valence electrons. The van der Waals surface area contributed by atoms with E-state index in [1.165, 1.54) is 19.1 Å². The first kappa shape index (κ1) is 20.0. The van der Waals surface area contributed by atoms with Crippen LogP contribution in [-0.4, -0.2) is 41.1 Å². The van der Waals surface area contributed by atoms with Crippen molar-refractivity contribution >= 4 is 21.6 Å². The second-order valence-electron chi connectivity index (χ2n) is 6.14. The standard InChI is InChI=1S/C18H18F2N2O5S/c1-26-15-6-4-13(9-16(15)27-2)22-10-12(8-18(22)23)21-28(24,25)17-7-11(19)3-5-14(17)20/h3-7,9,12,21H,8,10H2,1-2H3. The third-order valence-electron chi connectivity index (χ3n) is 4.31. The maximum Gasteiger partial charge on any atom is 0.243 e. The second-order valence-corrected chi connectivity index (χ2v) is 7.82. The van der Waals surface area contributed by atoms with Crippen molar-refractivity contribution in [2.45, 2.75) is 17.4 Å². The molecule has 3 rings (SSSR count). The predicted octanol–water partition coefficient (Wildman–Crippen LogP) is 2.07. The van der Waals surface area contributed by atoms with E-state index in [9.17, 15) is 22.0 Å². The average molecular weight is 412 g/mol. The number of halogens is 2. The number of sulfonamides is 1. The number of methoxy groups -OCH3 is 2. The number of nitrogens with one attached hydrogen (secondary N) is 1. The number of hydrogen-bond acceptors (Lipinski definition) is 5. The lowest BCUT2D eigenvalue weighted by molar-refractivity contribution is -0.117. The van der Waals surface area contributed by atoms with Crippen molar-refractivity contribution in [1.82, 2.24) is 4.72 Å². The van der Waals surface area contributed by atoms with Gasteiger partial charge in [0.15, 0.2) is 11.5 Å². The Morgan fingerprint density at radius 1 is 1.07 bits per heavy atom. The van der Waals surface area contributed by atoms with Crippen molar-refractivity contribution < 1.29 is 31.5 Å². The number of benzene rings is 2. The van der Waals surface area contributed by atoms with Crippen LogP contribution in [0.3, 0.4) is 0 Å². The summed E-state index contributed by atoms with van der Waals surface area (Å²) in [6.45, 7) is 0.0322. The largest absolute Gasteiger partial charge is 0.493 e. The third kappa shape index (κ3) is 3.92. The van der Waals surface area contributed by atoms with E-state index in [0.29, 0.717) is 23.3 Å². The van der Waals surface area contributed by atoms with Crippen LogP contribution in [0.2, 0.25) is 0 Å². The molecule has 1 amide bonds. The fraction of sp³-hybridized carbons (Fsp3) is 0.278. The van der Waals surface area contributed by atoms with Crippen molar-refractivity contribution in [3.05, 3.63) is 48.0 Å². The maximum atomic E-state index is 13.8. The van der Waals surface area contributed by atoms with Crippen molar-refractivity contribution in [2.75, 3.05) is 25.7 Å². The third-order valence-corrected chi connectivity index (χ3v) is 5.84. The number of carbonyl (C=O) groups is 1. The van der Waals surface area contributed by atoms with E-state index in [2.05, 4.69) is 4.72 Å². The van der Waals surface area contributed by atoms with Crippen LogP contribution in [0.25, 0.3) is 0 Å². The highest BCUT2D eigenvalue weighted by Gasteiger charge is 2.34. The number of rotatable bonds is 6. The van der Waals surface area contributed by atoms with Gasteiger partial charge in [-0.3, -0.25) is 4.79 Å². The van der Waals surface area contributed by atoms with Gasteiger partial charge in [0.2, 0.25) is 15.9 Å². The Morgan fingerprint density at radius 3 is 2.46 bits per heavy atom. The summed E-state index contributed by atoms with van der Waals surface area (Å²) in [4.78, 5) is 13.0. The Hall–Kier alpha value is -2.72. The van der Waals surface area contributed by atoms with Crippen LogP contribution in [0.5, 0.6) is 11.5 Å². The molecule has 28 heavy (non-hydrogen) atoms. The van der Waals surface area contributed by atoms with Crippen molar-refractivity contribution in [3.63, 3.8) is 0 Å². The number of anilines is 1. The molecule has 1 aliphatic rings. The summed E-state index contributed by atoms with van der Waals surface area (Å²) in [5, 5.41) is 0. The van der Waals surface area contributed by atoms with E-state index >= 15 is 0 Å². The lowest BCUT2D eigenvalue weighted by atomic mass is 10.2. The lowest BCUT2D eigenvalue weighted by Crippen LogP contribution is -2.37. The first-order chi connectivity index (χ1) is 13.2. The van der Waals surface area contributed by atoms with Gasteiger partial charge in [-0.05, 0) is 30.3 Å². The number of hydrogen-bond donors (Lipinski definition) is 1. The highest BCUT2D eigenvalue weighted by atomic mass is 32.2. The first-order valence-corrected chi connectivity index (χ1v) is 9.73. The second kappa shape index (κ2) is 7.72. The van der Waals surface area contributed by atoms with E-state index in [1.54, 1.807) is 18.2 Å². The molecule has 1 heterocycles.